The van der Waals surface area contributed by atoms with Crippen LogP contribution in [0.1, 0.15) is 2.85 Å². The third-order valence-corrected chi connectivity index (χ3v) is 2.40. The van der Waals surface area contributed by atoms with Crippen molar-refractivity contribution in [2.45, 2.75) is 0 Å². The Balaban J connectivity index is 0. The fourth-order valence-corrected chi connectivity index (χ4v) is 2.23. The van der Waals surface area contributed by atoms with Crippen LogP contribution in [0.3, 0.4) is 0 Å². The van der Waals surface area contributed by atoms with Crippen molar-refractivity contribution in [3.05, 3.63) is 0 Å². The van der Waals surface area contributed by atoms with E-state index in [-0.39, 0.29) is 40.6 Å². The summed E-state index contributed by atoms with van der Waals surface area (Å²) < 4.78 is 0. The molecule has 0 atom stereocenters. The van der Waals surface area contributed by atoms with E-state index in [0.29, 0.717) is 0 Å². The molecule has 0 N–H and O–H groups in total. The van der Waals surface area contributed by atoms with E-state index in [2.05, 4.69) is 32.2 Å². The van der Waals surface area contributed by atoms with Crippen LogP contribution in [-0.2, 0) is 0 Å². The largest absolute Gasteiger partial charge is 2.00 e. The monoisotopic (exact) mass is 241 g/mol. The second-order valence-electron chi connectivity index (χ2n) is 3.63. The predicted octanol–water partition coefficient (Wildman–Crippen LogP) is -0.778. The number of nitrogens with zero attached hydrogens (tertiary/aromatic N) is 5. The molecule has 4 aliphatic heterocycles. The van der Waals surface area contributed by atoms with Gasteiger partial charge in [-0.25, -0.2) is 0 Å². The third kappa shape index (κ3) is 2.97. The first-order valence-corrected chi connectivity index (χ1v) is 4.69. The Morgan fingerprint density at radius 2 is 1.00 bits per heavy atom. The van der Waals surface area contributed by atoms with Crippen LogP contribution in [0, 0.1) is 10.7 Å². The van der Waals surface area contributed by atoms with Crippen molar-refractivity contribution < 1.29 is 2.85 Å². The Bertz CT molecular complexity index is 183. The van der Waals surface area contributed by atoms with Crippen LogP contribution in [0.2, 0.25) is 0 Å². The Labute approximate surface area is 123 Å². The van der Waals surface area contributed by atoms with Crippen molar-refractivity contribution in [2.75, 3.05) is 40.0 Å². The predicted molar refractivity (Wildman–Crippen MR) is 59.1 cm³/mol. The molecule has 14 heavy (non-hydrogen) atoms. The number of thiocyanates is 1. The van der Waals surface area contributed by atoms with Crippen molar-refractivity contribution in [3.8, 4) is 5.40 Å². The van der Waals surface area contributed by atoms with Crippen molar-refractivity contribution in [1.82, 2.24) is 19.6 Å². The second kappa shape index (κ2) is 5.87. The quantitative estimate of drug-likeness (QED) is 0.342. The van der Waals surface area contributed by atoms with Crippen LogP contribution >= 0.6 is 12.6 Å². The molecule has 0 unspecified atom stereocenters. The SMILES string of the molecule is C1N2CN3CN1CN(C2)C3.N#CS.[Ca+2].[H-].[H-]. The maximum absolute atomic E-state index is 7.18. The summed E-state index contributed by atoms with van der Waals surface area (Å²) in [7, 11) is 0. The minimum Gasteiger partial charge on any atom is -1.00 e. The standard InChI is InChI=1S/C6H12N4.CHNS.Ca.2H/c1-7-2-9-4-8(1)5-10(3-7)6-9;2-1-3;;;/h1-6H2;3H;;;/q;;+2;2*-1. The fourth-order valence-electron chi connectivity index (χ4n) is 2.23. The second-order valence-corrected chi connectivity index (χ2v) is 3.83. The van der Waals surface area contributed by atoms with E-state index < -0.39 is 0 Å². The summed E-state index contributed by atoms with van der Waals surface area (Å²) in [6.07, 6.45) is 0. The van der Waals surface area contributed by atoms with Gasteiger partial charge in [-0.2, -0.15) is 5.26 Å². The average molecular weight is 241 g/mol. The molecular weight excluding hydrogens is 226 g/mol. The van der Waals surface area contributed by atoms with Crippen LogP contribution in [0.15, 0.2) is 0 Å². The van der Waals surface area contributed by atoms with E-state index >= 15 is 0 Å². The molecular formula is C7H15CaN5S. The number of hydrogen-bond acceptors (Lipinski definition) is 6. The van der Waals surface area contributed by atoms with Gasteiger partial charge >= 0.3 is 37.7 Å². The van der Waals surface area contributed by atoms with Crippen molar-refractivity contribution in [1.29, 1.82) is 5.26 Å². The molecule has 76 valence electrons. The molecule has 0 aromatic heterocycles. The van der Waals surface area contributed by atoms with E-state index in [0.717, 1.165) is 0 Å². The molecule has 4 fully saturated rings. The molecule has 0 saturated carbocycles. The summed E-state index contributed by atoms with van der Waals surface area (Å²) in [6, 6.07) is 0. The van der Waals surface area contributed by atoms with Crippen LogP contribution in [0.4, 0.5) is 0 Å². The molecule has 4 rings (SSSR count). The molecule has 0 aliphatic carbocycles. The molecule has 4 aliphatic rings. The summed E-state index contributed by atoms with van der Waals surface area (Å²) in [5.41, 5.74) is 0. The molecule has 0 aromatic rings. The maximum atomic E-state index is 7.18. The van der Waals surface area contributed by atoms with Gasteiger partial charge in [0.25, 0.3) is 0 Å². The molecule has 0 aromatic carbocycles. The fraction of sp³-hybridized carbons (Fsp3) is 0.857. The van der Waals surface area contributed by atoms with Gasteiger partial charge in [0, 0.05) is 0 Å². The number of nitriles is 1. The molecule has 4 heterocycles. The summed E-state index contributed by atoms with van der Waals surface area (Å²) in [5, 5.41) is 8.63. The van der Waals surface area contributed by atoms with E-state index in [1.54, 1.807) is 0 Å². The first-order chi connectivity index (χ1) is 6.31. The summed E-state index contributed by atoms with van der Waals surface area (Å²) >= 11 is 3.09. The smallest absolute Gasteiger partial charge is 1.00 e. The zero-order valence-electron chi connectivity index (χ0n) is 10.1. The minimum atomic E-state index is 0. The molecule has 0 radical (unpaired) electrons. The van der Waals surface area contributed by atoms with Crippen LogP contribution < -0.4 is 0 Å². The van der Waals surface area contributed by atoms with Gasteiger partial charge in [0.05, 0.1) is 40.0 Å². The molecule has 5 nitrogen and oxygen atoms in total. The van der Waals surface area contributed by atoms with Gasteiger partial charge in [-0.15, -0.1) is 0 Å². The number of rotatable bonds is 0. The minimum absolute atomic E-state index is 0. The van der Waals surface area contributed by atoms with Crippen molar-refractivity contribution in [3.63, 3.8) is 0 Å². The number of hydrogen-bond donors (Lipinski definition) is 1. The van der Waals surface area contributed by atoms with Gasteiger partial charge < -0.3 is 2.85 Å². The first-order valence-electron chi connectivity index (χ1n) is 4.24. The zero-order chi connectivity index (χ0) is 9.26. The van der Waals surface area contributed by atoms with E-state index in [4.69, 9.17) is 5.26 Å². The van der Waals surface area contributed by atoms with Crippen LogP contribution in [-0.4, -0.2) is 97.4 Å². The van der Waals surface area contributed by atoms with Gasteiger partial charge in [-0.05, 0) is 0 Å². The van der Waals surface area contributed by atoms with Gasteiger partial charge in [0.15, 0.2) is 0 Å². The van der Waals surface area contributed by atoms with Crippen LogP contribution in [0.5, 0.6) is 0 Å². The summed E-state index contributed by atoms with van der Waals surface area (Å²) in [5.74, 6) is 0. The van der Waals surface area contributed by atoms with Crippen molar-refractivity contribution in [2.24, 2.45) is 0 Å². The molecule has 4 saturated heterocycles. The van der Waals surface area contributed by atoms with Gasteiger partial charge in [-0.1, -0.05) is 12.6 Å². The van der Waals surface area contributed by atoms with E-state index in [9.17, 15) is 0 Å². The first kappa shape index (κ1) is 13.0. The molecule has 0 spiro atoms. The normalized spacial score (nSPS) is 41.7. The topological polar surface area (TPSA) is 36.8 Å². The van der Waals surface area contributed by atoms with Crippen LogP contribution in [0.25, 0.3) is 0 Å². The molecule has 0 amide bonds. The van der Waals surface area contributed by atoms with E-state index in [1.165, 1.54) is 45.4 Å². The number of thiol groups is 1. The Morgan fingerprint density at radius 1 is 0.857 bits per heavy atom. The van der Waals surface area contributed by atoms with Crippen molar-refractivity contribution >= 4 is 50.4 Å². The van der Waals surface area contributed by atoms with E-state index in [1.807, 2.05) is 0 Å². The zero-order valence-corrected chi connectivity index (χ0v) is 11.2. The maximum Gasteiger partial charge on any atom is 2.00 e. The Morgan fingerprint density at radius 3 is 1.14 bits per heavy atom. The third-order valence-electron chi connectivity index (χ3n) is 2.40. The average Bonchev–Trinajstić information content (AvgIpc) is 2.01. The van der Waals surface area contributed by atoms with Gasteiger partial charge in [0.1, 0.15) is 5.40 Å². The van der Waals surface area contributed by atoms with Gasteiger partial charge in [0.2, 0.25) is 0 Å². The summed E-state index contributed by atoms with van der Waals surface area (Å²) in [6.45, 7) is 7.12. The van der Waals surface area contributed by atoms with Gasteiger partial charge in [-0.3, -0.25) is 19.6 Å². The Hall–Kier alpha value is 0.940. The summed E-state index contributed by atoms with van der Waals surface area (Å²) in [4.78, 5) is 9.88. The molecule has 7 heteroatoms. The Kier molecular flexibility index (Phi) is 5.45. The molecule has 4 bridgehead atoms.